The van der Waals surface area contributed by atoms with Gasteiger partial charge in [0.05, 0.1) is 7.11 Å². The van der Waals surface area contributed by atoms with Crippen molar-refractivity contribution in [3.63, 3.8) is 0 Å². The number of aromatic nitrogens is 1. The summed E-state index contributed by atoms with van der Waals surface area (Å²) >= 11 is 0. The number of nitrogens with zero attached hydrogens (tertiary/aromatic N) is 1. The normalized spacial score (nSPS) is 11.2. The molecule has 2 rings (SSSR count). The fraction of sp³-hybridized carbons (Fsp3) is 0.333. The summed E-state index contributed by atoms with van der Waals surface area (Å²) in [7, 11) is -1.07. The molecule has 27 heavy (non-hydrogen) atoms. The first-order chi connectivity index (χ1) is 12.7. The van der Waals surface area contributed by atoms with E-state index in [1.807, 2.05) is 31.2 Å². The van der Waals surface area contributed by atoms with Crippen LogP contribution in [-0.2, 0) is 33.1 Å². The summed E-state index contributed by atoms with van der Waals surface area (Å²) in [5.74, 6) is -0.892. The summed E-state index contributed by atoms with van der Waals surface area (Å²) in [5.41, 5.74) is 2.20. The number of rotatable bonds is 8. The van der Waals surface area contributed by atoms with Gasteiger partial charge in [-0.1, -0.05) is 29.8 Å². The first-order valence-electron chi connectivity index (χ1n) is 8.29. The summed E-state index contributed by atoms with van der Waals surface area (Å²) in [5, 5.41) is 2.75. The monoisotopic (exact) mass is 393 g/mol. The molecule has 0 atom stereocenters. The lowest BCUT2D eigenvalue weighted by molar-refractivity contribution is -0.121. The van der Waals surface area contributed by atoms with E-state index in [2.05, 4.69) is 14.8 Å². The van der Waals surface area contributed by atoms with Crippen LogP contribution in [0, 0.1) is 6.92 Å². The summed E-state index contributed by atoms with van der Waals surface area (Å²) in [4.78, 5) is 23.4. The molecule has 1 aromatic carbocycles. The number of benzene rings is 1. The molecule has 0 spiro atoms. The van der Waals surface area contributed by atoms with Gasteiger partial charge in [-0.25, -0.2) is 17.9 Å². The Labute approximate surface area is 158 Å². The van der Waals surface area contributed by atoms with Gasteiger partial charge < -0.3 is 14.6 Å². The molecule has 0 unspecified atom stereocenters. The van der Waals surface area contributed by atoms with E-state index in [0.717, 1.165) is 11.1 Å². The number of nitrogens with one attached hydrogen (secondary N) is 2. The van der Waals surface area contributed by atoms with Crippen molar-refractivity contribution in [2.24, 2.45) is 7.05 Å². The van der Waals surface area contributed by atoms with Crippen molar-refractivity contribution in [1.29, 1.82) is 0 Å². The molecular weight excluding hydrogens is 370 g/mol. The van der Waals surface area contributed by atoms with Gasteiger partial charge in [0.15, 0.2) is 0 Å². The maximum Gasteiger partial charge on any atom is 0.354 e. The highest BCUT2D eigenvalue weighted by atomic mass is 32.2. The molecule has 8 nitrogen and oxygen atoms in total. The molecular formula is C18H23N3O5S. The van der Waals surface area contributed by atoms with Gasteiger partial charge in [0.25, 0.3) is 0 Å². The second-order valence-electron chi connectivity index (χ2n) is 6.08. The van der Waals surface area contributed by atoms with E-state index in [1.54, 1.807) is 7.05 Å². The van der Waals surface area contributed by atoms with E-state index in [4.69, 9.17) is 0 Å². The maximum atomic E-state index is 12.3. The third kappa shape index (κ3) is 5.66. The molecule has 1 heterocycles. The van der Waals surface area contributed by atoms with Gasteiger partial charge in [0.2, 0.25) is 15.9 Å². The van der Waals surface area contributed by atoms with Gasteiger partial charge in [-0.2, -0.15) is 0 Å². The van der Waals surface area contributed by atoms with Crippen LogP contribution in [0.3, 0.4) is 0 Å². The Bertz CT molecular complexity index is 934. The van der Waals surface area contributed by atoms with Gasteiger partial charge in [-0.15, -0.1) is 0 Å². The van der Waals surface area contributed by atoms with E-state index >= 15 is 0 Å². The molecule has 0 saturated carbocycles. The highest BCUT2D eigenvalue weighted by Crippen LogP contribution is 2.14. The number of esters is 1. The summed E-state index contributed by atoms with van der Waals surface area (Å²) < 4.78 is 32.9. The molecule has 0 aliphatic rings. The van der Waals surface area contributed by atoms with E-state index in [1.165, 1.54) is 23.9 Å². The summed E-state index contributed by atoms with van der Waals surface area (Å²) in [6.45, 7) is 2.30. The molecule has 146 valence electrons. The molecule has 0 aliphatic carbocycles. The molecule has 0 aliphatic heterocycles. The van der Waals surface area contributed by atoms with Crippen molar-refractivity contribution >= 4 is 21.9 Å². The predicted molar refractivity (Wildman–Crippen MR) is 99.6 cm³/mol. The first-order valence-corrected chi connectivity index (χ1v) is 9.78. The molecule has 1 aromatic heterocycles. The second kappa shape index (κ2) is 8.83. The number of amides is 1. The quantitative estimate of drug-likeness (QED) is 0.654. The molecule has 9 heteroatoms. The van der Waals surface area contributed by atoms with Crippen LogP contribution < -0.4 is 10.0 Å². The zero-order valence-electron chi connectivity index (χ0n) is 15.5. The zero-order chi connectivity index (χ0) is 20.0. The molecule has 2 aromatic rings. The van der Waals surface area contributed by atoms with Crippen molar-refractivity contribution in [3.8, 4) is 0 Å². The Morgan fingerprint density at radius 1 is 1.22 bits per heavy atom. The number of hydrogen-bond acceptors (Lipinski definition) is 5. The van der Waals surface area contributed by atoms with Gasteiger partial charge >= 0.3 is 5.97 Å². The lowest BCUT2D eigenvalue weighted by Crippen LogP contribution is -2.30. The average Bonchev–Trinajstić information content (AvgIpc) is 3.02. The Balaban J connectivity index is 1.86. The van der Waals surface area contributed by atoms with Crippen LogP contribution in [0.4, 0.5) is 0 Å². The van der Waals surface area contributed by atoms with Crippen LogP contribution in [0.2, 0.25) is 0 Å². The minimum atomic E-state index is -3.83. The second-order valence-corrected chi connectivity index (χ2v) is 7.84. The van der Waals surface area contributed by atoms with Crippen molar-refractivity contribution < 1.29 is 22.7 Å². The summed E-state index contributed by atoms with van der Waals surface area (Å²) in [6, 6.07) is 8.98. The van der Waals surface area contributed by atoms with Crippen LogP contribution in [0.1, 0.15) is 28.0 Å². The lowest BCUT2D eigenvalue weighted by Gasteiger charge is -2.07. The minimum Gasteiger partial charge on any atom is -0.464 e. The van der Waals surface area contributed by atoms with Crippen molar-refractivity contribution in [2.45, 2.75) is 24.8 Å². The summed E-state index contributed by atoms with van der Waals surface area (Å²) in [6.07, 6.45) is 1.31. The Kier molecular flexibility index (Phi) is 6.75. The molecule has 0 saturated heterocycles. The number of carbonyl (C=O) groups is 2. The fourth-order valence-corrected chi connectivity index (χ4v) is 3.58. The van der Waals surface area contributed by atoms with Gasteiger partial charge in [0.1, 0.15) is 10.6 Å². The lowest BCUT2D eigenvalue weighted by atomic mass is 10.1. The van der Waals surface area contributed by atoms with Crippen LogP contribution in [0.25, 0.3) is 0 Å². The molecule has 1 amide bonds. The number of aryl methyl sites for hydroxylation is 2. The van der Waals surface area contributed by atoms with Crippen molar-refractivity contribution in [2.75, 3.05) is 13.7 Å². The molecule has 0 bridgehead atoms. The van der Waals surface area contributed by atoms with Crippen LogP contribution >= 0.6 is 0 Å². The molecule has 2 N–H and O–H groups in total. The Morgan fingerprint density at radius 3 is 2.63 bits per heavy atom. The van der Waals surface area contributed by atoms with E-state index in [-0.39, 0.29) is 29.5 Å². The largest absolute Gasteiger partial charge is 0.464 e. The number of carbonyl (C=O) groups excluding carboxylic acids is 2. The van der Waals surface area contributed by atoms with Crippen LogP contribution in [-0.4, -0.2) is 38.5 Å². The number of methoxy groups -OCH3 is 1. The topological polar surface area (TPSA) is 106 Å². The predicted octanol–water partition coefficient (Wildman–Crippen LogP) is 1.10. The fourth-order valence-electron chi connectivity index (χ4n) is 2.48. The van der Waals surface area contributed by atoms with E-state index in [0.29, 0.717) is 6.54 Å². The SMILES string of the molecule is COC(=O)c1cc(S(=O)(=O)NCCC(=O)NCc2cccc(C)c2)cn1C. The average molecular weight is 393 g/mol. The molecule has 0 fully saturated rings. The third-order valence-corrected chi connectivity index (χ3v) is 5.33. The van der Waals surface area contributed by atoms with Gasteiger partial charge in [0, 0.05) is 32.8 Å². The smallest absolute Gasteiger partial charge is 0.354 e. The number of sulfonamides is 1. The van der Waals surface area contributed by atoms with E-state index < -0.39 is 16.0 Å². The van der Waals surface area contributed by atoms with Gasteiger partial charge in [-0.3, -0.25) is 4.79 Å². The first kappa shape index (κ1) is 20.7. The highest BCUT2D eigenvalue weighted by Gasteiger charge is 2.20. The minimum absolute atomic E-state index is 0.00172. The maximum absolute atomic E-state index is 12.3. The van der Waals surface area contributed by atoms with Crippen molar-refractivity contribution in [1.82, 2.24) is 14.6 Å². The van der Waals surface area contributed by atoms with Crippen LogP contribution in [0.15, 0.2) is 41.4 Å². The Hall–Kier alpha value is -2.65. The molecule has 0 radical (unpaired) electrons. The van der Waals surface area contributed by atoms with Gasteiger partial charge in [-0.05, 0) is 18.6 Å². The van der Waals surface area contributed by atoms with Crippen LogP contribution in [0.5, 0.6) is 0 Å². The Morgan fingerprint density at radius 2 is 1.96 bits per heavy atom. The van der Waals surface area contributed by atoms with E-state index in [9.17, 15) is 18.0 Å². The highest BCUT2D eigenvalue weighted by molar-refractivity contribution is 7.89. The standard InChI is InChI=1S/C18H23N3O5S/c1-13-5-4-6-14(9-13)11-19-17(22)7-8-20-27(24,25)15-10-16(18(23)26-3)21(2)12-15/h4-6,9-10,12,20H,7-8,11H2,1-3H3,(H,19,22). The van der Waals surface area contributed by atoms with Crippen molar-refractivity contribution in [3.05, 3.63) is 53.3 Å². The zero-order valence-corrected chi connectivity index (χ0v) is 16.3. The number of ether oxygens (including phenoxy) is 1. The third-order valence-electron chi connectivity index (χ3n) is 3.90. The number of hydrogen-bond donors (Lipinski definition) is 2.